The number of hydrogen-bond acceptors (Lipinski definition) is 6. The monoisotopic (exact) mass is 469 g/mol. The molecule has 3 aliphatic heterocycles. The quantitative estimate of drug-likeness (QED) is 0.652. The summed E-state index contributed by atoms with van der Waals surface area (Å²) in [5.41, 5.74) is 1.29. The van der Waals surface area contributed by atoms with Crippen LogP contribution in [0.5, 0.6) is 5.75 Å². The van der Waals surface area contributed by atoms with Gasteiger partial charge in [0.15, 0.2) is 0 Å². The minimum Gasteiger partial charge on any atom is -0.488 e. The Hall–Kier alpha value is -3.30. The number of carbonyl (C=O) groups is 3. The average Bonchev–Trinajstić information content (AvgIpc) is 3.06. The van der Waals surface area contributed by atoms with Crippen molar-refractivity contribution in [3.05, 3.63) is 64.5 Å². The van der Waals surface area contributed by atoms with Crippen molar-refractivity contribution in [2.75, 3.05) is 26.3 Å². The summed E-state index contributed by atoms with van der Waals surface area (Å²) in [6.45, 7) is 1.04. The predicted octanol–water partition coefficient (Wildman–Crippen LogP) is 2.00. The molecule has 0 aromatic heterocycles. The zero-order valence-electron chi connectivity index (χ0n) is 20.5. The van der Waals surface area contributed by atoms with Crippen LogP contribution in [0.25, 0.3) is 0 Å². The van der Waals surface area contributed by atoms with Crippen molar-refractivity contribution < 1.29 is 31.0 Å². The number of nitrogens with zero attached hydrogens (tertiary/aromatic N) is 2. The smallest absolute Gasteiger partial charge is 0.255 e. The third-order valence-electron chi connectivity index (χ3n) is 6.23. The van der Waals surface area contributed by atoms with Gasteiger partial charge in [0.2, 0.25) is 11.8 Å². The number of amides is 3. The number of morpholine rings is 1. The van der Waals surface area contributed by atoms with Crippen LogP contribution >= 0.6 is 0 Å². The minimum atomic E-state index is -2.36. The van der Waals surface area contributed by atoms with Gasteiger partial charge in [0.1, 0.15) is 24.2 Å². The molecular formula is C25H26FN3O5. The van der Waals surface area contributed by atoms with Crippen LogP contribution in [0.15, 0.2) is 36.4 Å². The van der Waals surface area contributed by atoms with E-state index in [1.54, 1.807) is 18.2 Å². The molecule has 2 saturated heterocycles. The summed E-state index contributed by atoms with van der Waals surface area (Å²) in [4.78, 5) is 40.2. The zero-order chi connectivity index (χ0) is 25.4. The molecule has 3 heterocycles. The molecule has 0 spiro atoms. The van der Waals surface area contributed by atoms with Gasteiger partial charge >= 0.3 is 0 Å². The zero-order valence-corrected chi connectivity index (χ0v) is 18.5. The van der Waals surface area contributed by atoms with E-state index in [-0.39, 0.29) is 36.3 Å². The molecule has 1 N–H and O–H groups in total. The average molecular weight is 470 g/mol. The van der Waals surface area contributed by atoms with Crippen LogP contribution in [0.3, 0.4) is 0 Å². The fraction of sp³-hybridized carbons (Fsp3) is 0.400. The summed E-state index contributed by atoms with van der Waals surface area (Å²) < 4.78 is 43.3. The molecule has 0 aliphatic carbocycles. The maximum atomic E-state index is 14.6. The molecule has 2 fully saturated rings. The highest BCUT2D eigenvalue weighted by Gasteiger charge is 2.40. The maximum absolute atomic E-state index is 14.6. The number of fused-ring (bicyclic) bond motifs is 1. The Kier molecular flexibility index (Phi) is 5.63. The van der Waals surface area contributed by atoms with Gasteiger partial charge in [0, 0.05) is 42.7 Å². The standard InChI is InChI=1S/C25H26FN3O5/c26-20-5-4-16(13-28-8-10-33-11-9-28)12-17(20)15-34-22-3-1-2-18-19(22)14-29(25(18)32)21-6-7-23(30)27-24(21)31/h1-5,12,21H,6-11,13-15H2,(H,27,30,31)/i14D2. The first kappa shape index (κ1) is 20.1. The second-order valence-electron chi connectivity index (χ2n) is 8.54. The Bertz CT molecular complexity index is 1220. The molecule has 178 valence electrons. The fourth-order valence-electron chi connectivity index (χ4n) is 4.40. The van der Waals surface area contributed by atoms with Crippen molar-refractivity contribution in [3.63, 3.8) is 0 Å². The van der Waals surface area contributed by atoms with Gasteiger partial charge in [-0.2, -0.15) is 0 Å². The lowest BCUT2D eigenvalue weighted by Crippen LogP contribution is -2.52. The first-order chi connectivity index (χ1) is 17.3. The Balaban J connectivity index is 1.37. The van der Waals surface area contributed by atoms with Crippen LogP contribution < -0.4 is 10.1 Å². The summed E-state index contributed by atoms with van der Waals surface area (Å²) in [6.07, 6.45) is 0.0390. The fourth-order valence-corrected chi connectivity index (χ4v) is 4.40. The third-order valence-corrected chi connectivity index (χ3v) is 6.23. The summed E-state index contributed by atoms with van der Waals surface area (Å²) in [7, 11) is 0. The summed E-state index contributed by atoms with van der Waals surface area (Å²) in [5, 5.41) is 2.17. The van der Waals surface area contributed by atoms with Crippen LogP contribution in [-0.4, -0.2) is 59.9 Å². The lowest BCUT2D eigenvalue weighted by atomic mass is 10.0. The molecule has 3 amide bonds. The molecule has 5 rings (SSSR count). The molecule has 0 saturated carbocycles. The van der Waals surface area contributed by atoms with Crippen LogP contribution in [0, 0.1) is 5.82 Å². The van der Waals surface area contributed by atoms with E-state index in [2.05, 4.69) is 10.2 Å². The highest BCUT2D eigenvalue weighted by atomic mass is 19.1. The van der Waals surface area contributed by atoms with Crippen LogP contribution in [-0.2, 0) is 34.0 Å². The molecule has 0 radical (unpaired) electrons. The van der Waals surface area contributed by atoms with E-state index in [0.29, 0.717) is 25.3 Å². The van der Waals surface area contributed by atoms with Gasteiger partial charge in [-0.05, 0) is 36.2 Å². The van der Waals surface area contributed by atoms with E-state index in [0.717, 1.165) is 23.6 Å². The van der Waals surface area contributed by atoms with Crippen LogP contribution in [0.2, 0.25) is 0 Å². The van der Waals surface area contributed by atoms with E-state index in [1.165, 1.54) is 18.2 Å². The molecule has 2 aromatic carbocycles. The number of benzene rings is 2. The molecule has 0 bridgehead atoms. The summed E-state index contributed by atoms with van der Waals surface area (Å²) in [5.74, 6) is -2.18. The highest BCUT2D eigenvalue weighted by Crippen LogP contribution is 2.34. The van der Waals surface area contributed by atoms with Crippen molar-refractivity contribution in [1.29, 1.82) is 0 Å². The number of imide groups is 1. The van der Waals surface area contributed by atoms with E-state index in [4.69, 9.17) is 12.2 Å². The molecule has 1 unspecified atom stereocenters. The number of ether oxygens (including phenoxy) is 2. The second kappa shape index (κ2) is 9.52. The number of hydrogen-bond donors (Lipinski definition) is 1. The Morgan fingerprint density at radius 2 is 2.00 bits per heavy atom. The topological polar surface area (TPSA) is 88.2 Å². The third kappa shape index (κ3) is 4.53. The van der Waals surface area contributed by atoms with Crippen molar-refractivity contribution in [3.8, 4) is 5.75 Å². The van der Waals surface area contributed by atoms with Gasteiger partial charge in [0.05, 0.1) is 22.5 Å². The Morgan fingerprint density at radius 3 is 2.79 bits per heavy atom. The van der Waals surface area contributed by atoms with Crippen molar-refractivity contribution in [2.45, 2.75) is 38.5 Å². The maximum Gasteiger partial charge on any atom is 0.255 e. The lowest BCUT2D eigenvalue weighted by molar-refractivity contribution is -0.136. The van der Waals surface area contributed by atoms with Gasteiger partial charge in [-0.15, -0.1) is 0 Å². The van der Waals surface area contributed by atoms with E-state index >= 15 is 0 Å². The summed E-state index contributed by atoms with van der Waals surface area (Å²) >= 11 is 0. The SMILES string of the molecule is [2H]C1([2H])c2c(OCc3cc(CN4CCOCC4)ccc3F)cccc2C(=O)N1C1CCC(=O)NC1=O. The number of halogens is 1. The molecule has 8 nitrogen and oxygen atoms in total. The molecule has 3 aliphatic rings. The van der Waals surface area contributed by atoms with Crippen LogP contribution in [0.1, 0.15) is 42.6 Å². The van der Waals surface area contributed by atoms with Gasteiger partial charge in [-0.25, -0.2) is 4.39 Å². The lowest BCUT2D eigenvalue weighted by Gasteiger charge is -2.29. The summed E-state index contributed by atoms with van der Waals surface area (Å²) in [6, 6.07) is 8.26. The van der Waals surface area contributed by atoms with Crippen LogP contribution in [0.4, 0.5) is 4.39 Å². The number of nitrogens with one attached hydrogen (secondary N) is 1. The van der Waals surface area contributed by atoms with Gasteiger partial charge < -0.3 is 14.4 Å². The number of piperidine rings is 1. The molecule has 34 heavy (non-hydrogen) atoms. The molecule has 1 atom stereocenters. The largest absolute Gasteiger partial charge is 0.488 e. The number of carbonyl (C=O) groups excluding carboxylic acids is 3. The first-order valence-electron chi connectivity index (χ1n) is 12.3. The Labute approximate surface area is 199 Å². The number of rotatable bonds is 6. The van der Waals surface area contributed by atoms with Gasteiger partial charge in [-0.3, -0.25) is 24.6 Å². The Morgan fingerprint density at radius 1 is 1.18 bits per heavy atom. The van der Waals surface area contributed by atoms with Crippen molar-refractivity contribution >= 4 is 17.7 Å². The van der Waals surface area contributed by atoms with Crippen molar-refractivity contribution in [1.82, 2.24) is 15.1 Å². The second-order valence-corrected chi connectivity index (χ2v) is 8.54. The minimum absolute atomic E-state index is 0.00965. The predicted molar refractivity (Wildman–Crippen MR) is 119 cm³/mol. The normalized spacial score (nSPS) is 23.3. The van der Waals surface area contributed by atoms with E-state index in [9.17, 15) is 18.8 Å². The molecule has 2 aromatic rings. The van der Waals surface area contributed by atoms with Crippen molar-refractivity contribution in [2.24, 2.45) is 0 Å². The van der Waals surface area contributed by atoms with E-state index < -0.39 is 36.1 Å². The molecular weight excluding hydrogens is 441 g/mol. The van der Waals surface area contributed by atoms with E-state index in [1.807, 2.05) is 0 Å². The van der Waals surface area contributed by atoms with Gasteiger partial charge in [-0.1, -0.05) is 12.1 Å². The molecule has 9 heteroatoms. The highest BCUT2D eigenvalue weighted by molar-refractivity contribution is 6.05. The first-order valence-corrected chi connectivity index (χ1v) is 11.3. The van der Waals surface area contributed by atoms with Gasteiger partial charge in [0.25, 0.3) is 5.91 Å².